The van der Waals surface area contributed by atoms with Crippen LogP contribution in [-0.2, 0) is 11.3 Å². The van der Waals surface area contributed by atoms with Crippen LogP contribution >= 0.6 is 15.9 Å². The summed E-state index contributed by atoms with van der Waals surface area (Å²) in [5.41, 5.74) is 7.42. The van der Waals surface area contributed by atoms with Crippen LogP contribution in [0.3, 0.4) is 0 Å². The number of nitrogens with zero attached hydrogens (tertiary/aromatic N) is 6. The van der Waals surface area contributed by atoms with Gasteiger partial charge in [0.05, 0.1) is 29.1 Å². The van der Waals surface area contributed by atoms with Gasteiger partial charge in [0, 0.05) is 11.1 Å². The number of benzene rings is 1. The van der Waals surface area contributed by atoms with Gasteiger partial charge in [-0.1, -0.05) is 15.9 Å². The molecule has 3 N–H and O–H groups in total. The molecule has 5 rings (SSSR count). The summed E-state index contributed by atoms with van der Waals surface area (Å²) in [4.78, 5) is 28.9. The smallest absolute Gasteiger partial charge is 0.259 e. The molecule has 4 aromatic rings. The van der Waals surface area contributed by atoms with Gasteiger partial charge in [-0.15, -0.1) is 0 Å². The number of ether oxygens (including phenoxy) is 1. The van der Waals surface area contributed by atoms with Gasteiger partial charge in [0.25, 0.3) is 5.56 Å². The number of nitrogen functional groups attached to an aromatic ring is 1. The number of nitriles is 2. The van der Waals surface area contributed by atoms with E-state index in [9.17, 15) is 15.3 Å². The van der Waals surface area contributed by atoms with Crippen LogP contribution in [0.25, 0.3) is 33.5 Å². The lowest BCUT2D eigenvalue weighted by Gasteiger charge is -2.13. The van der Waals surface area contributed by atoms with E-state index in [0.29, 0.717) is 35.3 Å². The average molecular weight is 491 g/mol. The fourth-order valence-electron chi connectivity index (χ4n) is 3.95. The molecule has 4 heterocycles. The van der Waals surface area contributed by atoms with Crippen molar-refractivity contribution < 1.29 is 4.74 Å². The van der Waals surface area contributed by atoms with Crippen LogP contribution in [0.4, 0.5) is 5.82 Å². The molecule has 1 aromatic carbocycles. The summed E-state index contributed by atoms with van der Waals surface area (Å²) >= 11 is 3.36. The molecule has 10 nitrogen and oxygen atoms in total. The number of nitrogens with one attached hydrogen (secondary N) is 1. The van der Waals surface area contributed by atoms with Gasteiger partial charge in [-0.25, -0.2) is 15.0 Å². The minimum absolute atomic E-state index is 0.0651. The molecule has 0 unspecified atom stereocenters. The number of hydrogen-bond acceptors (Lipinski definition) is 8. The van der Waals surface area contributed by atoms with Crippen molar-refractivity contribution in [2.75, 3.05) is 12.3 Å². The zero-order valence-electron chi connectivity index (χ0n) is 16.6. The van der Waals surface area contributed by atoms with Crippen molar-refractivity contribution in [3.05, 3.63) is 44.4 Å². The largest absolute Gasteiger partial charge is 0.384 e. The third kappa shape index (κ3) is 3.19. The van der Waals surface area contributed by atoms with Gasteiger partial charge >= 0.3 is 0 Å². The number of anilines is 1. The van der Waals surface area contributed by atoms with Crippen LogP contribution in [0.15, 0.2) is 27.5 Å². The van der Waals surface area contributed by atoms with E-state index in [1.165, 1.54) is 0 Å². The van der Waals surface area contributed by atoms with Crippen molar-refractivity contribution in [1.29, 1.82) is 10.5 Å². The van der Waals surface area contributed by atoms with Gasteiger partial charge in [0.15, 0.2) is 17.0 Å². The molecule has 1 fully saturated rings. The monoisotopic (exact) mass is 490 g/mol. The number of hydrogen-bond donors (Lipinski definition) is 2. The Morgan fingerprint density at radius 2 is 2.03 bits per heavy atom. The van der Waals surface area contributed by atoms with E-state index in [-0.39, 0.29) is 40.2 Å². The Morgan fingerprint density at radius 1 is 1.25 bits per heavy atom. The van der Waals surface area contributed by atoms with Gasteiger partial charge in [0.1, 0.15) is 29.3 Å². The van der Waals surface area contributed by atoms with Crippen molar-refractivity contribution in [2.24, 2.45) is 0 Å². The van der Waals surface area contributed by atoms with Crippen LogP contribution in [0, 0.1) is 22.7 Å². The van der Waals surface area contributed by atoms with E-state index in [4.69, 9.17) is 10.5 Å². The van der Waals surface area contributed by atoms with E-state index < -0.39 is 0 Å². The minimum Gasteiger partial charge on any atom is -0.384 e. The molecule has 1 aliphatic heterocycles. The van der Waals surface area contributed by atoms with Crippen LogP contribution in [0.5, 0.6) is 0 Å². The molecule has 11 heteroatoms. The summed E-state index contributed by atoms with van der Waals surface area (Å²) in [5, 5.41) is 19.3. The molecule has 0 aliphatic carbocycles. The standard InChI is InChI=1S/C21H15BrN8O2/c22-10-3-4-13-12(6-10)21(31)29-19(27-13)16-17-20(28-15(8-24)14(7-23)26-17)30(18(16)25)9-11-2-1-5-32-11/h3-4,6,11H,1-2,5,9,25H2,(H,27,29,31)/t11-/m1/s1. The summed E-state index contributed by atoms with van der Waals surface area (Å²) in [7, 11) is 0. The number of aromatic amines is 1. The Morgan fingerprint density at radius 3 is 2.75 bits per heavy atom. The summed E-state index contributed by atoms with van der Waals surface area (Å²) in [5.74, 6) is 0.482. The number of nitrogens with two attached hydrogens (primary N) is 1. The maximum Gasteiger partial charge on any atom is 0.259 e. The van der Waals surface area contributed by atoms with Crippen LogP contribution in [0.1, 0.15) is 24.2 Å². The summed E-state index contributed by atoms with van der Waals surface area (Å²) < 4.78 is 8.21. The van der Waals surface area contributed by atoms with Crippen molar-refractivity contribution in [3.63, 3.8) is 0 Å². The maximum atomic E-state index is 12.8. The molecule has 0 radical (unpaired) electrons. The molecule has 158 valence electrons. The Balaban J connectivity index is 1.81. The normalized spacial score (nSPS) is 15.8. The summed E-state index contributed by atoms with van der Waals surface area (Å²) in [6.07, 6.45) is 1.74. The quantitative estimate of drug-likeness (QED) is 0.442. The Hall–Kier alpha value is -3.80. The van der Waals surface area contributed by atoms with Crippen molar-refractivity contribution in [1.82, 2.24) is 24.5 Å². The minimum atomic E-state index is -0.340. The predicted molar refractivity (Wildman–Crippen MR) is 119 cm³/mol. The lowest BCUT2D eigenvalue weighted by atomic mass is 10.2. The first-order valence-electron chi connectivity index (χ1n) is 9.81. The molecule has 1 atom stereocenters. The zero-order valence-corrected chi connectivity index (χ0v) is 18.2. The van der Waals surface area contributed by atoms with Gasteiger partial charge in [0.2, 0.25) is 0 Å². The van der Waals surface area contributed by atoms with Gasteiger partial charge in [-0.2, -0.15) is 10.5 Å². The molecular weight excluding hydrogens is 476 g/mol. The SMILES string of the molecule is N#Cc1nc2c(-c3nc4ccc(Br)cc4c(=O)[nH]3)c(N)n(C[C@H]3CCCO3)c2nc1C#N. The molecule has 3 aromatic heterocycles. The molecule has 32 heavy (non-hydrogen) atoms. The fourth-order valence-corrected chi connectivity index (χ4v) is 4.31. The number of aromatic nitrogens is 5. The molecule has 1 aliphatic rings. The van der Waals surface area contributed by atoms with E-state index in [0.717, 1.165) is 17.3 Å². The zero-order chi connectivity index (χ0) is 22.4. The molecule has 0 bridgehead atoms. The van der Waals surface area contributed by atoms with Crippen molar-refractivity contribution in [2.45, 2.75) is 25.5 Å². The van der Waals surface area contributed by atoms with E-state index >= 15 is 0 Å². The molecule has 0 spiro atoms. The maximum absolute atomic E-state index is 12.8. The Labute approximate surface area is 189 Å². The van der Waals surface area contributed by atoms with Gasteiger partial charge in [-0.3, -0.25) is 4.79 Å². The highest BCUT2D eigenvalue weighted by Crippen LogP contribution is 2.35. The second-order valence-electron chi connectivity index (χ2n) is 7.40. The first-order valence-corrected chi connectivity index (χ1v) is 10.6. The lowest BCUT2D eigenvalue weighted by molar-refractivity contribution is 0.0983. The Kier molecular flexibility index (Phi) is 4.85. The van der Waals surface area contributed by atoms with E-state index in [2.05, 4.69) is 35.9 Å². The van der Waals surface area contributed by atoms with Gasteiger partial charge < -0.3 is 20.0 Å². The summed E-state index contributed by atoms with van der Waals surface area (Å²) in [6.45, 7) is 1.07. The second kappa shape index (κ2) is 7.71. The molecule has 0 saturated carbocycles. The average Bonchev–Trinajstić information content (AvgIpc) is 3.39. The van der Waals surface area contributed by atoms with Crippen LogP contribution in [0.2, 0.25) is 0 Å². The highest BCUT2D eigenvalue weighted by Gasteiger charge is 2.26. The van der Waals surface area contributed by atoms with E-state index in [1.807, 2.05) is 12.1 Å². The fraction of sp³-hybridized carbons (Fsp3) is 0.238. The lowest BCUT2D eigenvalue weighted by Crippen LogP contribution is -2.17. The van der Waals surface area contributed by atoms with Crippen LogP contribution < -0.4 is 11.3 Å². The van der Waals surface area contributed by atoms with E-state index in [1.54, 1.807) is 22.8 Å². The van der Waals surface area contributed by atoms with Crippen molar-refractivity contribution in [3.8, 4) is 23.5 Å². The topological polar surface area (TPSA) is 159 Å². The first-order chi connectivity index (χ1) is 15.5. The number of fused-ring (bicyclic) bond motifs is 2. The predicted octanol–water partition coefficient (Wildman–Crippen LogP) is 2.60. The second-order valence-corrected chi connectivity index (χ2v) is 8.31. The number of halogens is 1. The van der Waals surface area contributed by atoms with Crippen molar-refractivity contribution >= 4 is 43.8 Å². The van der Waals surface area contributed by atoms with Crippen LogP contribution in [-0.4, -0.2) is 37.2 Å². The highest BCUT2D eigenvalue weighted by atomic mass is 79.9. The summed E-state index contributed by atoms with van der Waals surface area (Å²) in [6, 6.07) is 9.00. The highest BCUT2D eigenvalue weighted by molar-refractivity contribution is 9.10. The molecular formula is C21H15BrN8O2. The van der Waals surface area contributed by atoms with Gasteiger partial charge in [-0.05, 0) is 31.0 Å². The number of rotatable bonds is 3. The Bertz CT molecular complexity index is 1540. The molecule has 0 amide bonds. The first kappa shape index (κ1) is 20.1. The third-order valence-electron chi connectivity index (χ3n) is 5.44. The molecule has 1 saturated heterocycles. The number of H-pyrrole nitrogens is 1. The third-order valence-corrected chi connectivity index (χ3v) is 5.94.